The van der Waals surface area contributed by atoms with Gasteiger partial charge < -0.3 is 4.57 Å². The number of fused-ring (bicyclic) bond motifs is 1. The molecule has 0 unspecified atom stereocenters. The number of nitrogens with zero attached hydrogens (tertiary/aromatic N) is 5. The highest BCUT2D eigenvalue weighted by atomic mass is 79.9. The van der Waals surface area contributed by atoms with Crippen molar-refractivity contribution < 1.29 is 0 Å². The molecule has 0 saturated carbocycles. The largest absolute Gasteiger partial charge is 0.336 e. The number of aromatic nitrogens is 4. The molecule has 0 bridgehead atoms. The molecule has 0 spiro atoms. The maximum absolute atomic E-state index is 13.5. The summed E-state index contributed by atoms with van der Waals surface area (Å²) >= 11 is 3.43. The Kier molecular flexibility index (Phi) is 6.65. The Hall–Kier alpha value is -4.22. The van der Waals surface area contributed by atoms with E-state index in [-0.39, 0.29) is 11.2 Å². The van der Waals surface area contributed by atoms with Crippen LogP contribution in [0.2, 0.25) is 0 Å². The van der Waals surface area contributed by atoms with Crippen LogP contribution < -0.4 is 11.2 Å². The Labute approximate surface area is 215 Å². The van der Waals surface area contributed by atoms with Crippen LogP contribution in [0.3, 0.4) is 0 Å². The minimum atomic E-state index is -0.358. The average molecular weight is 540 g/mol. The van der Waals surface area contributed by atoms with Gasteiger partial charge in [-0.2, -0.15) is 5.26 Å². The Morgan fingerprint density at radius 2 is 1.78 bits per heavy atom. The van der Waals surface area contributed by atoms with Crippen LogP contribution in [0, 0.1) is 11.3 Å². The molecule has 0 atom stereocenters. The van der Waals surface area contributed by atoms with Crippen LogP contribution in [0.1, 0.15) is 23.2 Å². The average Bonchev–Trinajstić information content (AvgIpc) is 3.33. The van der Waals surface area contributed by atoms with E-state index in [1.165, 1.54) is 4.57 Å². The molecule has 0 aliphatic heterocycles. The lowest BCUT2D eigenvalue weighted by Gasteiger charge is -2.15. The van der Waals surface area contributed by atoms with E-state index < -0.39 is 0 Å². The van der Waals surface area contributed by atoms with Crippen molar-refractivity contribution in [1.82, 2.24) is 18.7 Å². The summed E-state index contributed by atoms with van der Waals surface area (Å²) in [6.45, 7) is 1.10. The zero-order valence-corrected chi connectivity index (χ0v) is 20.9. The lowest BCUT2D eigenvalue weighted by Crippen LogP contribution is -2.39. The second kappa shape index (κ2) is 10.2. The van der Waals surface area contributed by atoms with Gasteiger partial charge in [-0.05, 0) is 60.9 Å². The highest BCUT2D eigenvalue weighted by Crippen LogP contribution is 2.16. The minimum Gasteiger partial charge on any atom is -0.330 e. The number of aryl methyl sites for hydroxylation is 2. The summed E-state index contributed by atoms with van der Waals surface area (Å²) in [5.41, 5.74) is 3.23. The van der Waals surface area contributed by atoms with E-state index in [4.69, 9.17) is 5.26 Å². The van der Waals surface area contributed by atoms with Gasteiger partial charge in [0.05, 0.1) is 34.6 Å². The van der Waals surface area contributed by atoms with E-state index in [2.05, 4.69) is 31.6 Å². The number of hydrogen-bond donors (Lipinski definition) is 0. The van der Waals surface area contributed by atoms with Crippen LogP contribution in [0.4, 0.5) is 0 Å². The molecule has 7 nitrogen and oxygen atoms in total. The van der Waals surface area contributed by atoms with Crippen LogP contribution in [0.5, 0.6) is 0 Å². The summed E-state index contributed by atoms with van der Waals surface area (Å²) in [7, 11) is 0. The molecule has 5 aromatic rings. The molecule has 0 fully saturated rings. The van der Waals surface area contributed by atoms with Crippen LogP contribution in [-0.2, 0) is 19.5 Å². The molecular formula is C28H22BrN5O2. The first kappa shape index (κ1) is 23.5. The second-order valence-corrected chi connectivity index (χ2v) is 9.41. The Bertz CT molecular complexity index is 1710. The molecule has 0 amide bonds. The summed E-state index contributed by atoms with van der Waals surface area (Å²) in [6, 6.07) is 24.1. The van der Waals surface area contributed by atoms with Crippen molar-refractivity contribution >= 4 is 26.8 Å². The molecule has 0 N–H and O–H groups in total. The molecule has 0 aliphatic carbocycles. The van der Waals surface area contributed by atoms with Crippen molar-refractivity contribution in [3.63, 3.8) is 0 Å². The van der Waals surface area contributed by atoms with Crippen LogP contribution >= 0.6 is 15.9 Å². The third-order valence-corrected chi connectivity index (χ3v) is 6.66. The van der Waals surface area contributed by atoms with Crippen molar-refractivity contribution in [1.29, 1.82) is 5.26 Å². The monoisotopic (exact) mass is 539 g/mol. The van der Waals surface area contributed by atoms with Crippen LogP contribution in [0.15, 0.2) is 99.4 Å². The quantitative estimate of drug-likeness (QED) is 0.301. The van der Waals surface area contributed by atoms with Gasteiger partial charge in [-0.15, -0.1) is 0 Å². The van der Waals surface area contributed by atoms with Crippen molar-refractivity contribution in [2.24, 2.45) is 0 Å². The number of halogens is 1. The Morgan fingerprint density at radius 3 is 2.56 bits per heavy atom. The summed E-state index contributed by atoms with van der Waals surface area (Å²) < 4.78 is 5.79. The maximum Gasteiger partial charge on any atom is 0.336 e. The number of para-hydroxylation sites is 1. The second-order valence-electron chi connectivity index (χ2n) is 8.50. The van der Waals surface area contributed by atoms with E-state index in [9.17, 15) is 9.59 Å². The molecule has 0 radical (unpaired) electrons. The van der Waals surface area contributed by atoms with Gasteiger partial charge in [-0.3, -0.25) is 9.36 Å². The van der Waals surface area contributed by atoms with Crippen LogP contribution in [0.25, 0.3) is 16.6 Å². The van der Waals surface area contributed by atoms with E-state index in [0.717, 1.165) is 15.7 Å². The van der Waals surface area contributed by atoms with Crippen molar-refractivity contribution in [3.8, 4) is 11.8 Å². The topological polar surface area (TPSA) is 85.6 Å². The molecule has 3 aromatic carbocycles. The van der Waals surface area contributed by atoms with Gasteiger partial charge in [-0.25, -0.2) is 14.3 Å². The number of hydrogen-bond acceptors (Lipinski definition) is 4. The fraction of sp³-hybridized carbons (Fsp3) is 0.143. The van der Waals surface area contributed by atoms with E-state index in [0.29, 0.717) is 48.1 Å². The van der Waals surface area contributed by atoms with Crippen molar-refractivity contribution in [2.75, 3.05) is 0 Å². The predicted molar refractivity (Wildman–Crippen MR) is 142 cm³/mol. The van der Waals surface area contributed by atoms with E-state index in [1.54, 1.807) is 35.2 Å². The van der Waals surface area contributed by atoms with Gasteiger partial charge in [0.2, 0.25) is 0 Å². The van der Waals surface area contributed by atoms with E-state index >= 15 is 0 Å². The third kappa shape index (κ3) is 4.66. The molecule has 178 valence electrons. The fourth-order valence-electron chi connectivity index (χ4n) is 4.38. The van der Waals surface area contributed by atoms with Gasteiger partial charge in [0, 0.05) is 29.5 Å². The third-order valence-electron chi connectivity index (χ3n) is 6.17. The van der Waals surface area contributed by atoms with Gasteiger partial charge >= 0.3 is 5.69 Å². The number of nitriles is 1. The molecule has 2 aromatic heterocycles. The van der Waals surface area contributed by atoms with Gasteiger partial charge in [0.1, 0.15) is 0 Å². The Morgan fingerprint density at radius 1 is 0.972 bits per heavy atom. The first-order chi connectivity index (χ1) is 17.5. The van der Waals surface area contributed by atoms with Gasteiger partial charge in [-0.1, -0.05) is 46.3 Å². The first-order valence-corrected chi connectivity index (χ1v) is 12.3. The molecule has 5 rings (SSSR count). The minimum absolute atomic E-state index is 0.328. The lowest BCUT2D eigenvalue weighted by atomic mass is 10.1. The predicted octanol–water partition coefficient (Wildman–Crippen LogP) is 4.66. The molecule has 2 heterocycles. The van der Waals surface area contributed by atoms with Crippen LogP contribution in [-0.4, -0.2) is 18.7 Å². The molecule has 0 aliphatic rings. The fourth-order valence-corrected chi connectivity index (χ4v) is 4.77. The number of rotatable bonds is 7. The summed E-state index contributed by atoms with van der Waals surface area (Å²) in [5.74, 6) is 0. The van der Waals surface area contributed by atoms with Gasteiger partial charge in [0.15, 0.2) is 0 Å². The Balaban J connectivity index is 1.42. The number of imidazole rings is 1. The summed E-state index contributed by atoms with van der Waals surface area (Å²) in [6.07, 6.45) is 5.04. The highest BCUT2D eigenvalue weighted by Gasteiger charge is 2.15. The smallest absolute Gasteiger partial charge is 0.330 e. The lowest BCUT2D eigenvalue weighted by molar-refractivity contribution is 0.595. The molecule has 8 heteroatoms. The standard InChI is InChI=1S/C28H22BrN5O2/c29-22-5-3-6-23(15-22)34-27(35)25-8-1-2-9-26(25)33(28(34)36)14-4-7-24-17-31-19-32(24)18-21-12-10-20(16-30)11-13-21/h1-3,5-6,8-13,15,17,19H,4,7,14,18H2. The van der Waals surface area contributed by atoms with E-state index in [1.807, 2.05) is 54.7 Å². The zero-order valence-electron chi connectivity index (χ0n) is 19.3. The maximum atomic E-state index is 13.5. The van der Waals surface area contributed by atoms with Crippen molar-refractivity contribution in [3.05, 3.63) is 127 Å². The molecular weight excluding hydrogens is 518 g/mol. The van der Waals surface area contributed by atoms with Crippen molar-refractivity contribution in [2.45, 2.75) is 25.9 Å². The normalized spacial score (nSPS) is 11.0. The first-order valence-electron chi connectivity index (χ1n) is 11.5. The summed E-state index contributed by atoms with van der Waals surface area (Å²) in [5, 5.41) is 9.51. The van der Waals surface area contributed by atoms with Gasteiger partial charge in [0.25, 0.3) is 5.56 Å². The SMILES string of the molecule is N#Cc1ccc(Cn2cncc2CCCn2c(=O)n(-c3cccc(Br)c3)c(=O)c3ccccc32)cc1. The molecule has 0 saturated heterocycles. The molecule has 36 heavy (non-hydrogen) atoms. The zero-order chi connectivity index (χ0) is 25.1. The highest BCUT2D eigenvalue weighted by molar-refractivity contribution is 9.10. The summed E-state index contributed by atoms with van der Waals surface area (Å²) in [4.78, 5) is 31.1. The number of benzene rings is 3.